The van der Waals surface area contributed by atoms with Gasteiger partial charge in [0.25, 0.3) is 0 Å². The normalized spacial score (nSPS) is 16.6. The Morgan fingerprint density at radius 3 is 2.37 bits per heavy atom. The van der Waals surface area contributed by atoms with Crippen LogP contribution in [0.3, 0.4) is 0 Å². The SMILES string of the molecule is O=C(CN1CCOCC1)Nc1c(Cl)ccc2c1C(=O)c1ccccc1C2=O. The summed E-state index contributed by atoms with van der Waals surface area (Å²) < 4.78 is 5.28. The molecule has 0 bridgehead atoms. The van der Waals surface area contributed by atoms with Gasteiger partial charge >= 0.3 is 0 Å². The Hall–Kier alpha value is -2.54. The molecule has 4 rings (SSSR count). The number of halogens is 1. The molecule has 0 spiro atoms. The van der Waals surface area contributed by atoms with Crippen molar-refractivity contribution in [3.05, 3.63) is 63.7 Å². The summed E-state index contributed by atoms with van der Waals surface area (Å²) in [4.78, 5) is 40.3. The van der Waals surface area contributed by atoms with Crippen molar-refractivity contribution in [2.45, 2.75) is 0 Å². The van der Waals surface area contributed by atoms with E-state index in [1.165, 1.54) is 12.1 Å². The Morgan fingerprint density at radius 2 is 1.67 bits per heavy atom. The molecule has 1 saturated heterocycles. The molecule has 1 heterocycles. The molecule has 0 radical (unpaired) electrons. The zero-order chi connectivity index (χ0) is 19.0. The van der Waals surface area contributed by atoms with Gasteiger partial charge in [-0.3, -0.25) is 19.3 Å². The number of carbonyl (C=O) groups excluding carboxylic acids is 3. The molecule has 0 saturated carbocycles. The van der Waals surface area contributed by atoms with E-state index in [0.29, 0.717) is 37.4 Å². The number of benzene rings is 2. The van der Waals surface area contributed by atoms with Crippen LogP contribution in [0.15, 0.2) is 36.4 Å². The molecule has 7 heteroatoms. The lowest BCUT2D eigenvalue weighted by Crippen LogP contribution is -2.41. The first-order valence-corrected chi connectivity index (χ1v) is 9.05. The number of anilines is 1. The molecule has 0 aromatic heterocycles. The molecule has 1 amide bonds. The van der Waals surface area contributed by atoms with Crippen LogP contribution in [0.1, 0.15) is 31.8 Å². The highest BCUT2D eigenvalue weighted by atomic mass is 35.5. The third-order valence-electron chi connectivity index (χ3n) is 4.78. The highest BCUT2D eigenvalue weighted by Crippen LogP contribution is 2.36. The van der Waals surface area contributed by atoms with Crippen molar-refractivity contribution in [2.24, 2.45) is 0 Å². The maximum atomic E-state index is 13.0. The van der Waals surface area contributed by atoms with Crippen LogP contribution in [0.25, 0.3) is 0 Å². The average Bonchev–Trinajstić information content (AvgIpc) is 2.68. The van der Waals surface area contributed by atoms with Gasteiger partial charge in [0.05, 0.1) is 36.0 Å². The van der Waals surface area contributed by atoms with Crippen molar-refractivity contribution in [1.82, 2.24) is 4.90 Å². The Kier molecular flexibility index (Phi) is 4.78. The summed E-state index contributed by atoms with van der Waals surface area (Å²) in [6.45, 7) is 2.66. The van der Waals surface area contributed by atoms with E-state index in [9.17, 15) is 14.4 Å². The molecule has 1 N–H and O–H groups in total. The highest BCUT2D eigenvalue weighted by Gasteiger charge is 2.33. The third-order valence-corrected chi connectivity index (χ3v) is 5.09. The Morgan fingerprint density at radius 1 is 1.00 bits per heavy atom. The molecule has 1 fully saturated rings. The van der Waals surface area contributed by atoms with Gasteiger partial charge in [0, 0.05) is 29.8 Å². The molecular weight excluding hydrogens is 368 g/mol. The zero-order valence-corrected chi connectivity index (χ0v) is 15.2. The topological polar surface area (TPSA) is 75.7 Å². The smallest absolute Gasteiger partial charge is 0.238 e. The van der Waals surface area contributed by atoms with Crippen LogP contribution in [0.4, 0.5) is 5.69 Å². The quantitative estimate of drug-likeness (QED) is 0.750. The number of hydrogen-bond donors (Lipinski definition) is 1. The van der Waals surface area contributed by atoms with E-state index in [0.717, 1.165) is 0 Å². The van der Waals surface area contributed by atoms with E-state index < -0.39 is 0 Å². The van der Waals surface area contributed by atoms with Gasteiger partial charge in [-0.1, -0.05) is 35.9 Å². The number of ether oxygens (including phenoxy) is 1. The van der Waals surface area contributed by atoms with Crippen LogP contribution >= 0.6 is 11.6 Å². The second kappa shape index (κ2) is 7.23. The largest absolute Gasteiger partial charge is 0.379 e. The van der Waals surface area contributed by atoms with E-state index in [2.05, 4.69) is 5.32 Å². The summed E-state index contributed by atoms with van der Waals surface area (Å²) in [7, 11) is 0. The molecule has 1 aliphatic heterocycles. The molecule has 138 valence electrons. The van der Waals surface area contributed by atoms with Gasteiger partial charge in [-0.2, -0.15) is 0 Å². The number of ketones is 2. The van der Waals surface area contributed by atoms with Crippen molar-refractivity contribution >= 4 is 34.8 Å². The zero-order valence-electron chi connectivity index (χ0n) is 14.5. The fourth-order valence-electron chi connectivity index (χ4n) is 3.42. The van der Waals surface area contributed by atoms with Gasteiger partial charge in [-0.15, -0.1) is 0 Å². The predicted octanol–water partition coefficient (Wildman–Crippen LogP) is 2.39. The van der Waals surface area contributed by atoms with Crippen molar-refractivity contribution in [2.75, 3.05) is 38.2 Å². The monoisotopic (exact) mass is 384 g/mol. The maximum Gasteiger partial charge on any atom is 0.238 e. The van der Waals surface area contributed by atoms with Crippen molar-refractivity contribution in [1.29, 1.82) is 0 Å². The summed E-state index contributed by atoms with van der Waals surface area (Å²) >= 11 is 6.28. The highest BCUT2D eigenvalue weighted by molar-refractivity contribution is 6.38. The number of fused-ring (bicyclic) bond motifs is 2. The number of morpholine rings is 1. The van der Waals surface area contributed by atoms with E-state index >= 15 is 0 Å². The number of nitrogens with one attached hydrogen (secondary N) is 1. The Bertz CT molecular complexity index is 951. The van der Waals surface area contributed by atoms with Crippen molar-refractivity contribution in [3.63, 3.8) is 0 Å². The minimum atomic E-state index is -0.315. The first-order valence-electron chi connectivity index (χ1n) is 8.67. The van der Waals surface area contributed by atoms with E-state index in [-0.39, 0.29) is 45.9 Å². The van der Waals surface area contributed by atoms with Crippen LogP contribution in [0, 0.1) is 0 Å². The average molecular weight is 385 g/mol. The molecule has 6 nitrogen and oxygen atoms in total. The van der Waals surface area contributed by atoms with E-state index in [1.54, 1.807) is 24.3 Å². The molecule has 0 atom stereocenters. The first kappa shape index (κ1) is 17.9. The number of amides is 1. The van der Waals surface area contributed by atoms with Crippen molar-refractivity contribution < 1.29 is 19.1 Å². The lowest BCUT2D eigenvalue weighted by atomic mass is 9.83. The predicted molar refractivity (Wildman–Crippen MR) is 101 cm³/mol. The summed E-state index contributed by atoms with van der Waals surface area (Å²) in [6.07, 6.45) is 0. The second-order valence-corrected chi connectivity index (χ2v) is 6.89. The Balaban J connectivity index is 1.67. The van der Waals surface area contributed by atoms with Gasteiger partial charge in [0.2, 0.25) is 5.91 Å². The minimum Gasteiger partial charge on any atom is -0.379 e. The summed E-state index contributed by atoms with van der Waals surface area (Å²) in [5.74, 6) is -0.851. The maximum absolute atomic E-state index is 13.0. The van der Waals surface area contributed by atoms with Crippen LogP contribution in [0.2, 0.25) is 5.02 Å². The number of rotatable bonds is 3. The standard InChI is InChI=1S/C20H17ClN2O4/c21-15-6-5-14-17(20(26)13-4-2-1-3-12(13)19(14)25)18(15)22-16(24)11-23-7-9-27-10-8-23/h1-6H,7-11H2,(H,22,24). The lowest BCUT2D eigenvalue weighted by molar-refractivity contribution is -0.118. The summed E-state index contributed by atoms with van der Waals surface area (Å²) in [6, 6.07) is 9.73. The second-order valence-electron chi connectivity index (χ2n) is 6.49. The minimum absolute atomic E-state index is 0.154. The van der Waals surface area contributed by atoms with E-state index in [4.69, 9.17) is 16.3 Å². The summed E-state index contributed by atoms with van der Waals surface area (Å²) in [5.41, 5.74) is 1.29. The van der Waals surface area contributed by atoms with Gasteiger partial charge in [-0.25, -0.2) is 0 Å². The molecule has 1 aliphatic carbocycles. The number of nitrogens with zero attached hydrogens (tertiary/aromatic N) is 1. The number of hydrogen-bond acceptors (Lipinski definition) is 5. The van der Waals surface area contributed by atoms with Gasteiger partial charge in [0.1, 0.15) is 0 Å². The number of carbonyl (C=O) groups is 3. The van der Waals surface area contributed by atoms with Crippen LogP contribution in [-0.2, 0) is 9.53 Å². The van der Waals surface area contributed by atoms with Crippen LogP contribution < -0.4 is 5.32 Å². The van der Waals surface area contributed by atoms with Gasteiger partial charge < -0.3 is 10.1 Å². The van der Waals surface area contributed by atoms with E-state index in [1.807, 2.05) is 4.90 Å². The molecular formula is C20H17ClN2O4. The van der Waals surface area contributed by atoms with Gasteiger partial charge in [0.15, 0.2) is 11.6 Å². The molecule has 2 aromatic carbocycles. The fourth-order valence-corrected chi connectivity index (χ4v) is 3.63. The third kappa shape index (κ3) is 3.27. The van der Waals surface area contributed by atoms with Crippen LogP contribution in [0.5, 0.6) is 0 Å². The molecule has 2 aromatic rings. The fraction of sp³-hybridized carbons (Fsp3) is 0.250. The molecule has 27 heavy (non-hydrogen) atoms. The lowest BCUT2D eigenvalue weighted by Gasteiger charge is -2.26. The van der Waals surface area contributed by atoms with Crippen molar-refractivity contribution in [3.8, 4) is 0 Å². The molecule has 0 unspecified atom stereocenters. The Labute approximate surface area is 161 Å². The molecule has 2 aliphatic rings. The van der Waals surface area contributed by atoms with Gasteiger partial charge in [-0.05, 0) is 12.1 Å². The van der Waals surface area contributed by atoms with Crippen LogP contribution in [-0.4, -0.2) is 55.2 Å². The first-order chi connectivity index (χ1) is 13.1. The summed E-state index contributed by atoms with van der Waals surface area (Å²) in [5, 5.41) is 2.97.